The van der Waals surface area contributed by atoms with Crippen molar-refractivity contribution < 1.29 is 28.5 Å². The van der Waals surface area contributed by atoms with Gasteiger partial charge in [-0.15, -0.1) is 0 Å². The Morgan fingerprint density at radius 1 is 1.15 bits per heavy atom. The molecule has 0 radical (unpaired) electrons. The average Bonchev–Trinajstić information content (AvgIpc) is 3.13. The van der Waals surface area contributed by atoms with Gasteiger partial charge in [0.1, 0.15) is 6.61 Å². The normalized spacial score (nSPS) is 18.6. The number of nitrogens with one attached hydrogen (secondary N) is 1. The Balaban J connectivity index is 1.41. The number of para-hydroxylation sites is 1. The highest BCUT2D eigenvalue weighted by Gasteiger charge is 2.40. The molecular formula is C18H26N2O6. The van der Waals surface area contributed by atoms with Gasteiger partial charge < -0.3 is 33.9 Å². The van der Waals surface area contributed by atoms with Crippen LogP contribution in [-0.2, 0) is 9.47 Å². The summed E-state index contributed by atoms with van der Waals surface area (Å²) in [6, 6.07) is 5.33. The Labute approximate surface area is 153 Å². The minimum absolute atomic E-state index is 0.0981. The number of likely N-dealkylation sites (tertiary alicyclic amines) is 1. The zero-order valence-corrected chi connectivity index (χ0v) is 15.3. The number of carbonyl (C=O) groups excluding carboxylic acids is 1. The zero-order chi connectivity index (χ0) is 18.4. The van der Waals surface area contributed by atoms with Crippen molar-refractivity contribution in [2.45, 2.75) is 18.6 Å². The van der Waals surface area contributed by atoms with Gasteiger partial charge in [-0.3, -0.25) is 0 Å². The summed E-state index contributed by atoms with van der Waals surface area (Å²) in [5, 5.41) is 2.88. The van der Waals surface area contributed by atoms with E-state index in [1.165, 1.54) is 0 Å². The number of ether oxygens (including phenoxy) is 5. The van der Waals surface area contributed by atoms with Gasteiger partial charge in [0.2, 0.25) is 5.75 Å². The van der Waals surface area contributed by atoms with Crippen LogP contribution in [0.3, 0.4) is 0 Å². The van der Waals surface area contributed by atoms with Crippen molar-refractivity contribution in [3.63, 3.8) is 0 Å². The predicted molar refractivity (Wildman–Crippen MR) is 93.9 cm³/mol. The van der Waals surface area contributed by atoms with Gasteiger partial charge in [0.15, 0.2) is 17.3 Å². The second kappa shape index (κ2) is 8.46. The summed E-state index contributed by atoms with van der Waals surface area (Å²) in [5.74, 6) is 1.26. The molecule has 2 saturated heterocycles. The van der Waals surface area contributed by atoms with Crippen LogP contribution in [0.5, 0.6) is 17.2 Å². The van der Waals surface area contributed by atoms with E-state index in [9.17, 15) is 4.79 Å². The van der Waals surface area contributed by atoms with E-state index in [2.05, 4.69) is 5.32 Å². The lowest BCUT2D eigenvalue weighted by molar-refractivity contribution is -0.181. The Kier molecular flexibility index (Phi) is 6.05. The molecule has 2 aliphatic rings. The lowest BCUT2D eigenvalue weighted by Crippen LogP contribution is -2.50. The van der Waals surface area contributed by atoms with E-state index in [4.69, 9.17) is 23.7 Å². The minimum atomic E-state index is -0.469. The van der Waals surface area contributed by atoms with Gasteiger partial charge in [0, 0.05) is 25.9 Å². The largest absolute Gasteiger partial charge is 0.493 e. The van der Waals surface area contributed by atoms with Crippen LogP contribution in [0.2, 0.25) is 0 Å². The van der Waals surface area contributed by atoms with Crippen LogP contribution in [-0.4, -0.2) is 70.4 Å². The standard InChI is InChI=1S/C18H26N2O6/c1-22-14-4-3-5-15(16(14)23-2)24-11-8-19-17(21)20-9-6-18(7-10-20)25-12-13-26-18/h3-5H,6-13H2,1-2H3,(H,19,21). The fraction of sp³-hybridized carbons (Fsp3) is 0.611. The highest BCUT2D eigenvalue weighted by Crippen LogP contribution is 2.36. The predicted octanol–water partition coefficient (Wildman–Crippen LogP) is 1.63. The fourth-order valence-corrected chi connectivity index (χ4v) is 3.24. The summed E-state index contributed by atoms with van der Waals surface area (Å²) in [4.78, 5) is 14.0. The second-order valence-corrected chi connectivity index (χ2v) is 6.17. The van der Waals surface area contributed by atoms with E-state index < -0.39 is 5.79 Å². The van der Waals surface area contributed by atoms with E-state index in [0.717, 1.165) is 0 Å². The second-order valence-electron chi connectivity index (χ2n) is 6.17. The third kappa shape index (κ3) is 4.13. The van der Waals surface area contributed by atoms with Crippen molar-refractivity contribution in [3.8, 4) is 17.2 Å². The van der Waals surface area contributed by atoms with E-state index in [-0.39, 0.29) is 6.03 Å². The molecule has 1 aromatic carbocycles. The maximum atomic E-state index is 12.3. The molecule has 1 spiro atoms. The van der Waals surface area contributed by atoms with Gasteiger partial charge in [0.05, 0.1) is 34.0 Å². The molecule has 3 rings (SSSR count). The first-order valence-corrected chi connectivity index (χ1v) is 8.82. The number of urea groups is 1. The first-order valence-electron chi connectivity index (χ1n) is 8.82. The maximum Gasteiger partial charge on any atom is 0.317 e. The van der Waals surface area contributed by atoms with Crippen LogP contribution < -0.4 is 19.5 Å². The first-order chi connectivity index (χ1) is 12.7. The third-order valence-electron chi connectivity index (χ3n) is 4.63. The molecule has 2 fully saturated rings. The Bertz CT molecular complexity index is 608. The number of amides is 2. The van der Waals surface area contributed by atoms with Crippen molar-refractivity contribution in [2.75, 3.05) is 53.7 Å². The summed E-state index contributed by atoms with van der Waals surface area (Å²) in [6.07, 6.45) is 1.41. The molecule has 0 aromatic heterocycles. The molecule has 144 valence electrons. The van der Waals surface area contributed by atoms with Crippen molar-refractivity contribution in [3.05, 3.63) is 18.2 Å². The van der Waals surface area contributed by atoms with Crippen molar-refractivity contribution in [1.82, 2.24) is 10.2 Å². The van der Waals surface area contributed by atoms with Crippen molar-refractivity contribution >= 4 is 6.03 Å². The molecule has 2 heterocycles. The molecule has 2 aliphatic heterocycles. The Morgan fingerprint density at radius 2 is 1.85 bits per heavy atom. The van der Waals surface area contributed by atoms with E-state index in [0.29, 0.717) is 69.5 Å². The highest BCUT2D eigenvalue weighted by atomic mass is 16.7. The molecule has 1 aromatic rings. The fourth-order valence-electron chi connectivity index (χ4n) is 3.24. The smallest absolute Gasteiger partial charge is 0.317 e. The van der Waals surface area contributed by atoms with E-state index in [1.54, 1.807) is 31.3 Å². The van der Waals surface area contributed by atoms with Crippen LogP contribution >= 0.6 is 0 Å². The lowest BCUT2D eigenvalue weighted by Gasteiger charge is -2.37. The molecule has 8 heteroatoms. The molecule has 26 heavy (non-hydrogen) atoms. The SMILES string of the molecule is COc1cccc(OCCNC(=O)N2CCC3(CC2)OCCO3)c1OC. The van der Waals surface area contributed by atoms with Crippen LogP contribution in [0.1, 0.15) is 12.8 Å². The van der Waals surface area contributed by atoms with Crippen molar-refractivity contribution in [1.29, 1.82) is 0 Å². The number of methoxy groups -OCH3 is 2. The van der Waals surface area contributed by atoms with Gasteiger partial charge in [-0.1, -0.05) is 6.07 Å². The third-order valence-corrected chi connectivity index (χ3v) is 4.63. The van der Waals surface area contributed by atoms with Crippen LogP contribution in [0.25, 0.3) is 0 Å². The molecular weight excluding hydrogens is 340 g/mol. The number of carbonyl (C=O) groups is 1. The summed E-state index contributed by atoms with van der Waals surface area (Å²) in [5.41, 5.74) is 0. The number of benzene rings is 1. The zero-order valence-electron chi connectivity index (χ0n) is 15.3. The first kappa shape index (κ1) is 18.6. The minimum Gasteiger partial charge on any atom is -0.493 e. The van der Waals surface area contributed by atoms with Gasteiger partial charge >= 0.3 is 6.03 Å². The monoisotopic (exact) mass is 366 g/mol. The summed E-state index contributed by atoms with van der Waals surface area (Å²) in [7, 11) is 3.14. The topological polar surface area (TPSA) is 78.5 Å². The highest BCUT2D eigenvalue weighted by molar-refractivity contribution is 5.74. The number of piperidine rings is 1. The molecule has 1 N–H and O–H groups in total. The van der Waals surface area contributed by atoms with Gasteiger partial charge in [-0.05, 0) is 12.1 Å². The van der Waals surface area contributed by atoms with E-state index >= 15 is 0 Å². The molecule has 0 aliphatic carbocycles. The summed E-state index contributed by atoms with van der Waals surface area (Å²) >= 11 is 0. The molecule has 0 bridgehead atoms. The quantitative estimate of drug-likeness (QED) is 0.771. The van der Waals surface area contributed by atoms with Gasteiger partial charge in [-0.2, -0.15) is 0 Å². The van der Waals surface area contributed by atoms with Crippen molar-refractivity contribution in [2.24, 2.45) is 0 Å². The molecule has 0 unspecified atom stereocenters. The Morgan fingerprint density at radius 3 is 2.50 bits per heavy atom. The summed E-state index contributed by atoms with van der Waals surface area (Å²) < 4.78 is 27.6. The average molecular weight is 366 g/mol. The molecule has 0 atom stereocenters. The molecule has 2 amide bonds. The van der Waals surface area contributed by atoms with E-state index in [1.807, 2.05) is 6.07 Å². The molecule has 0 saturated carbocycles. The number of hydrogen-bond acceptors (Lipinski definition) is 6. The van der Waals surface area contributed by atoms with Gasteiger partial charge in [0.25, 0.3) is 0 Å². The Hall–Kier alpha value is -2.19. The maximum absolute atomic E-state index is 12.3. The van der Waals surface area contributed by atoms with Crippen LogP contribution in [0.15, 0.2) is 18.2 Å². The lowest BCUT2D eigenvalue weighted by atomic mass is 10.0. The van der Waals surface area contributed by atoms with Crippen LogP contribution in [0.4, 0.5) is 4.79 Å². The molecule has 8 nitrogen and oxygen atoms in total. The number of nitrogens with zero attached hydrogens (tertiary/aromatic N) is 1. The summed E-state index contributed by atoms with van der Waals surface area (Å²) in [6.45, 7) is 3.24. The number of hydrogen-bond donors (Lipinski definition) is 1. The number of rotatable bonds is 6. The van der Waals surface area contributed by atoms with Crippen LogP contribution in [0, 0.1) is 0 Å². The van der Waals surface area contributed by atoms with Gasteiger partial charge in [-0.25, -0.2) is 4.79 Å².